The summed E-state index contributed by atoms with van der Waals surface area (Å²) in [6, 6.07) is 12.1. The molecule has 0 unspecified atom stereocenters. The van der Waals surface area contributed by atoms with Gasteiger partial charge in [0, 0.05) is 35.4 Å². The lowest BCUT2D eigenvalue weighted by atomic mass is 9.74. The number of hydrogen-bond donors (Lipinski definition) is 9. The lowest BCUT2D eigenvalue weighted by Gasteiger charge is -2.49. The molecule has 0 aromatic heterocycles. The zero-order chi connectivity index (χ0) is 46.9. The lowest BCUT2D eigenvalue weighted by Crippen LogP contribution is -2.66. The molecule has 65 heavy (non-hydrogen) atoms. The molecule has 2 heterocycles. The molecule has 20 heteroatoms. The number of phenolic OH excluding ortho intramolecular Hbond substituents is 2. The van der Waals surface area contributed by atoms with Gasteiger partial charge in [0.25, 0.3) is 0 Å². The van der Waals surface area contributed by atoms with Crippen LogP contribution in [0.1, 0.15) is 83.6 Å². The average molecular weight is 904 g/mol. The number of methoxy groups -OCH3 is 1. The van der Waals surface area contributed by atoms with Gasteiger partial charge in [-0.2, -0.15) is 0 Å². The summed E-state index contributed by atoms with van der Waals surface area (Å²) in [5.41, 5.74) is -3.16. The third-order valence-corrected chi connectivity index (χ3v) is 12.3. The van der Waals surface area contributed by atoms with Crippen molar-refractivity contribution in [3.05, 3.63) is 105 Å². The number of rotatable bonds is 9. The number of aliphatic hydroxyl groups excluding tert-OH is 5. The number of carbonyl (C=O) groups excluding carboxylic acids is 3. The van der Waals surface area contributed by atoms with Crippen LogP contribution in [0.2, 0.25) is 0 Å². The Morgan fingerprint density at radius 3 is 2.14 bits per heavy atom. The van der Waals surface area contributed by atoms with E-state index in [0.29, 0.717) is 5.56 Å². The van der Waals surface area contributed by atoms with E-state index in [9.17, 15) is 65.1 Å². The number of fused-ring (bicyclic) bond motifs is 5. The number of aliphatic hydroxyl groups is 5. The third kappa shape index (κ3) is 7.61. The minimum absolute atomic E-state index is 0.0112. The van der Waals surface area contributed by atoms with Gasteiger partial charge in [0.2, 0.25) is 0 Å². The highest BCUT2D eigenvalue weighted by atomic mass is 16.7. The highest BCUT2D eigenvalue weighted by molar-refractivity contribution is 6.31. The smallest absolute Gasteiger partial charge is 0.410 e. The molecule has 2 fully saturated rings. The van der Waals surface area contributed by atoms with E-state index in [4.69, 9.17) is 28.4 Å². The maximum absolute atomic E-state index is 14.1. The summed E-state index contributed by atoms with van der Waals surface area (Å²) < 4.78 is 34.8. The van der Waals surface area contributed by atoms with Gasteiger partial charge >= 0.3 is 12.1 Å². The molecule has 8 rings (SSSR count). The van der Waals surface area contributed by atoms with Crippen LogP contribution in [0.3, 0.4) is 0 Å². The summed E-state index contributed by atoms with van der Waals surface area (Å²) in [4.78, 5) is 55.2. The van der Waals surface area contributed by atoms with Gasteiger partial charge in [0.15, 0.2) is 24.1 Å². The van der Waals surface area contributed by atoms with Gasteiger partial charge in [-0.15, -0.1) is 0 Å². The Labute approximate surface area is 368 Å². The molecule has 2 aliphatic heterocycles. The summed E-state index contributed by atoms with van der Waals surface area (Å²) in [7, 11) is 2.59. The summed E-state index contributed by atoms with van der Waals surface area (Å²) in [6.45, 7) is 2.18. The van der Waals surface area contributed by atoms with Crippen molar-refractivity contribution in [2.24, 2.45) is 0 Å². The Kier molecular flexibility index (Phi) is 12.1. The molecule has 9 N–H and O–H groups in total. The second kappa shape index (κ2) is 17.3. The van der Waals surface area contributed by atoms with Crippen LogP contribution in [0, 0.1) is 6.92 Å². The van der Waals surface area contributed by atoms with Crippen molar-refractivity contribution in [2.45, 2.75) is 87.9 Å². The Morgan fingerprint density at radius 2 is 1.46 bits per heavy atom. The molecule has 4 aromatic carbocycles. The van der Waals surface area contributed by atoms with Crippen molar-refractivity contribution in [3.8, 4) is 34.1 Å². The molecule has 1 amide bonds. The van der Waals surface area contributed by atoms with E-state index < -0.39 is 148 Å². The van der Waals surface area contributed by atoms with Gasteiger partial charge in [-0.05, 0) is 48.2 Å². The number of aromatic carboxylic acids is 1. The zero-order valence-corrected chi connectivity index (χ0v) is 35.0. The zero-order valence-electron chi connectivity index (χ0n) is 35.0. The number of amides is 1. The second-order valence-corrected chi connectivity index (χ2v) is 16.2. The summed E-state index contributed by atoms with van der Waals surface area (Å²) in [5, 5.41) is 101. The molecule has 0 spiro atoms. The number of carboxylic acid groups (broad SMARTS) is 1. The summed E-state index contributed by atoms with van der Waals surface area (Å²) >= 11 is 0. The monoisotopic (exact) mass is 903 g/mol. The van der Waals surface area contributed by atoms with Crippen LogP contribution in [0.15, 0.2) is 54.6 Å². The molecule has 344 valence electrons. The molecule has 11 atom stereocenters. The molecule has 2 saturated heterocycles. The third-order valence-electron chi connectivity index (χ3n) is 12.3. The van der Waals surface area contributed by atoms with Crippen LogP contribution in [0.25, 0.3) is 11.1 Å². The lowest BCUT2D eigenvalue weighted by molar-refractivity contribution is -0.344. The van der Waals surface area contributed by atoms with Crippen LogP contribution in [0.4, 0.5) is 4.79 Å². The predicted octanol–water partition coefficient (Wildman–Crippen LogP) is 1.93. The van der Waals surface area contributed by atoms with Gasteiger partial charge in [-0.1, -0.05) is 36.4 Å². The number of ether oxygens (including phenoxy) is 6. The van der Waals surface area contributed by atoms with Gasteiger partial charge in [0.05, 0.1) is 37.0 Å². The van der Waals surface area contributed by atoms with Crippen LogP contribution in [-0.4, -0.2) is 150 Å². The Bertz CT molecular complexity index is 2580. The van der Waals surface area contributed by atoms with Crippen molar-refractivity contribution in [3.63, 3.8) is 0 Å². The molecule has 2 aliphatic carbocycles. The molecule has 0 saturated carbocycles. The van der Waals surface area contributed by atoms with E-state index in [-0.39, 0.29) is 34.6 Å². The number of aryl methyl sites for hydroxylation is 1. The molecule has 4 aromatic rings. The number of phenols is 3. The first-order valence-corrected chi connectivity index (χ1v) is 20.3. The first-order valence-electron chi connectivity index (χ1n) is 20.3. The van der Waals surface area contributed by atoms with Crippen LogP contribution < -0.4 is 4.74 Å². The number of ketones is 2. The quantitative estimate of drug-likeness (QED) is 0.102. The van der Waals surface area contributed by atoms with Crippen molar-refractivity contribution in [1.29, 1.82) is 0 Å². The SMILES string of the molecule is COc1cc(O)c2c(c1)C(=O)c1c(cc3c(c1O)-c1c(cc(C)c(C(=O)O)c1O)[C@H](O[C@@H]1O[C@H](C)[C@H](N(C)C(=O)OCc4ccccc4)[C@H](O[C@@H]4OC[C@@H](O)[C@H](O)[C@H]4O)[C@H]1O)[C@H]3O)C2=O. The highest BCUT2D eigenvalue weighted by Gasteiger charge is 2.53. The maximum atomic E-state index is 14.1. The molecule has 4 aliphatic rings. The number of likely N-dealkylation sites (N-methyl/N-ethyl adjacent to an activating group) is 1. The number of benzene rings is 4. The Morgan fingerprint density at radius 1 is 0.800 bits per heavy atom. The van der Waals surface area contributed by atoms with E-state index in [1.807, 2.05) is 0 Å². The maximum Gasteiger partial charge on any atom is 0.410 e. The predicted molar refractivity (Wildman–Crippen MR) is 218 cm³/mol. The molecule has 20 nitrogen and oxygen atoms in total. The largest absolute Gasteiger partial charge is 0.507 e. The first-order chi connectivity index (χ1) is 30.9. The van der Waals surface area contributed by atoms with Gasteiger partial charge in [-0.3, -0.25) is 9.59 Å². The van der Waals surface area contributed by atoms with E-state index in [1.165, 1.54) is 40.1 Å². The van der Waals surface area contributed by atoms with Gasteiger partial charge < -0.3 is 79.3 Å². The standard InChI is InChI=1S/C45H45NO19/c1-16-10-23-29(36(53)26(16)42(57)58)28-21(13-22-30(37(28)54)33(50)20-11-19(60-4)12-24(47)27(20)32(22)49)34(51)40(23)64-44-39(56)41(65-43-38(55)35(52)25(48)15-61-43)31(17(2)63-44)46(3)45(59)62-14-18-8-6-5-7-9-18/h5-13,17,25,31,34-35,38-41,43-44,47-48,51-56H,14-15H2,1-4H3,(H,57,58)/t17-,25-,31+,34+,35+,38-,39-,40+,41+,43+,44+/m1/s1. The average Bonchev–Trinajstić information content (AvgIpc) is 3.27. The fourth-order valence-corrected chi connectivity index (χ4v) is 9.01. The van der Waals surface area contributed by atoms with Crippen molar-refractivity contribution < 1.29 is 93.6 Å². The molecule has 0 radical (unpaired) electrons. The molecule has 0 bridgehead atoms. The number of carboxylic acids is 1. The fourth-order valence-electron chi connectivity index (χ4n) is 9.01. The van der Waals surface area contributed by atoms with E-state index in [0.717, 1.165) is 17.0 Å². The Hall–Kier alpha value is -6.20. The highest BCUT2D eigenvalue weighted by Crippen LogP contribution is 2.57. The minimum Gasteiger partial charge on any atom is -0.507 e. The molecular weight excluding hydrogens is 858 g/mol. The van der Waals surface area contributed by atoms with Crippen molar-refractivity contribution in [2.75, 3.05) is 20.8 Å². The van der Waals surface area contributed by atoms with E-state index >= 15 is 0 Å². The number of hydrogen-bond acceptors (Lipinski definition) is 18. The minimum atomic E-state index is -1.97. The van der Waals surface area contributed by atoms with Gasteiger partial charge in [0.1, 0.15) is 77.9 Å². The second-order valence-electron chi connectivity index (χ2n) is 16.2. The van der Waals surface area contributed by atoms with E-state index in [2.05, 4.69) is 0 Å². The first kappa shape index (κ1) is 45.4. The van der Waals surface area contributed by atoms with Crippen molar-refractivity contribution >= 4 is 23.6 Å². The number of nitrogens with zero attached hydrogens (tertiary/aromatic N) is 1. The van der Waals surface area contributed by atoms with Crippen LogP contribution >= 0.6 is 0 Å². The van der Waals surface area contributed by atoms with Gasteiger partial charge in [-0.25, -0.2) is 9.59 Å². The number of carbonyl (C=O) groups is 4. The topological polar surface area (TPSA) is 309 Å². The summed E-state index contributed by atoms with van der Waals surface area (Å²) in [5.74, 6) is -5.92. The van der Waals surface area contributed by atoms with Crippen LogP contribution in [-0.2, 0) is 30.3 Å². The normalized spacial score (nSPS) is 28.0. The fraction of sp³-hybridized carbons (Fsp3) is 0.378. The molecular formula is C45H45NO19. The number of aromatic hydroxyl groups is 3. The summed E-state index contributed by atoms with van der Waals surface area (Å²) in [6.07, 6.45) is -18.0. The Balaban J connectivity index is 1.20. The van der Waals surface area contributed by atoms with E-state index in [1.54, 1.807) is 30.3 Å². The van der Waals surface area contributed by atoms with Crippen molar-refractivity contribution in [1.82, 2.24) is 4.90 Å². The van der Waals surface area contributed by atoms with Crippen LogP contribution in [0.5, 0.6) is 23.0 Å².